The molecule has 1 saturated heterocycles. The summed E-state index contributed by atoms with van der Waals surface area (Å²) in [4.78, 5) is 29.2. The summed E-state index contributed by atoms with van der Waals surface area (Å²) < 4.78 is 28.1. The molecule has 2 heterocycles. The largest absolute Gasteiger partial charge is 0.507 e. The van der Waals surface area contributed by atoms with Gasteiger partial charge in [-0.1, -0.05) is 36.4 Å². The molecule has 0 spiro atoms. The average Bonchev–Trinajstić information content (AvgIpc) is 3.33. The number of sulfonamides is 1. The molecule has 8 nitrogen and oxygen atoms in total. The van der Waals surface area contributed by atoms with E-state index in [2.05, 4.69) is 0 Å². The highest BCUT2D eigenvalue weighted by Gasteiger charge is 2.32. The zero-order chi connectivity index (χ0) is 24.6. The monoisotopic (exact) mass is 491 g/mol. The van der Waals surface area contributed by atoms with Crippen LogP contribution in [0.15, 0.2) is 77.7 Å². The minimum absolute atomic E-state index is 0.0744. The van der Waals surface area contributed by atoms with Crippen molar-refractivity contribution in [2.45, 2.75) is 11.3 Å². The Bertz CT molecular complexity index is 1400. The Kier molecular flexibility index (Phi) is 5.94. The van der Waals surface area contributed by atoms with Crippen molar-refractivity contribution in [2.75, 3.05) is 37.0 Å². The van der Waals surface area contributed by atoms with Gasteiger partial charge in [0.05, 0.1) is 16.1 Å². The second-order valence-corrected chi connectivity index (χ2v) is 10.4. The standard InChI is InChI=1S/C26H25N3O5S/c30-24-11-4-2-9-22(24)26(32)28-16-14-27(15-17-28)25(31)20-7-5-8-21(18-20)35(33,34)29-13-12-19-6-1-3-10-23(19)29/h1-11,18,30H,12-17H2. The highest BCUT2D eigenvalue weighted by Crippen LogP contribution is 2.33. The molecule has 3 aromatic carbocycles. The third-order valence-corrected chi connectivity index (χ3v) is 8.31. The van der Waals surface area contributed by atoms with Crippen molar-refractivity contribution >= 4 is 27.5 Å². The summed E-state index contributed by atoms with van der Waals surface area (Å²) in [5.74, 6) is -0.637. The molecule has 0 atom stereocenters. The highest BCUT2D eigenvalue weighted by atomic mass is 32.2. The van der Waals surface area contributed by atoms with Crippen molar-refractivity contribution in [3.8, 4) is 5.75 Å². The van der Waals surface area contributed by atoms with Gasteiger partial charge in [-0.25, -0.2) is 8.42 Å². The summed E-state index contributed by atoms with van der Waals surface area (Å²) in [7, 11) is -3.81. The number of fused-ring (bicyclic) bond motifs is 1. The van der Waals surface area contributed by atoms with Crippen LogP contribution in [-0.4, -0.2) is 67.9 Å². The Morgan fingerprint density at radius 1 is 0.743 bits per heavy atom. The van der Waals surface area contributed by atoms with E-state index in [0.29, 0.717) is 50.4 Å². The number of amides is 2. The van der Waals surface area contributed by atoms with Crippen molar-refractivity contribution in [3.63, 3.8) is 0 Å². The van der Waals surface area contributed by atoms with Crippen LogP contribution in [0.1, 0.15) is 26.3 Å². The molecular formula is C26H25N3O5S. The molecule has 0 radical (unpaired) electrons. The molecule has 2 amide bonds. The highest BCUT2D eigenvalue weighted by molar-refractivity contribution is 7.92. The Balaban J connectivity index is 1.29. The van der Waals surface area contributed by atoms with E-state index in [9.17, 15) is 23.1 Å². The molecule has 0 unspecified atom stereocenters. The molecule has 0 bridgehead atoms. The number of carbonyl (C=O) groups is 2. The van der Waals surface area contributed by atoms with E-state index in [-0.39, 0.29) is 28.0 Å². The number of nitrogens with zero attached hydrogens (tertiary/aromatic N) is 3. The molecule has 2 aliphatic heterocycles. The number of rotatable bonds is 4. The molecular weight excluding hydrogens is 466 g/mol. The first kappa shape index (κ1) is 22.9. The van der Waals surface area contributed by atoms with Gasteiger partial charge in [-0.3, -0.25) is 13.9 Å². The summed E-state index contributed by atoms with van der Waals surface area (Å²) >= 11 is 0. The van der Waals surface area contributed by atoms with E-state index in [1.165, 1.54) is 22.5 Å². The minimum Gasteiger partial charge on any atom is -0.507 e. The first-order valence-electron chi connectivity index (χ1n) is 11.4. The van der Waals surface area contributed by atoms with Crippen molar-refractivity contribution < 1.29 is 23.1 Å². The Morgan fingerprint density at radius 3 is 2.14 bits per heavy atom. The number of para-hydroxylation sites is 2. The topological polar surface area (TPSA) is 98.2 Å². The van der Waals surface area contributed by atoms with Crippen LogP contribution in [0.3, 0.4) is 0 Å². The molecule has 5 rings (SSSR count). The number of carbonyl (C=O) groups excluding carboxylic acids is 2. The van der Waals surface area contributed by atoms with E-state index in [4.69, 9.17) is 0 Å². The lowest BCUT2D eigenvalue weighted by Gasteiger charge is -2.35. The number of aromatic hydroxyl groups is 1. The molecule has 0 aromatic heterocycles. The van der Waals surface area contributed by atoms with E-state index in [1.54, 1.807) is 46.2 Å². The van der Waals surface area contributed by atoms with E-state index >= 15 is 0 Å². The van der Waals surface area contributed by atoms with Crippen molar-refractivity contribution in [3.05, 3.63) is 89.5 Å². The number of phenols is 1. The van der Waals surface area contributed by atoms with Gasteiger partial charge in [-0.15, -0.1) is 0 Å². The smallest absolute Gasteiger partial charge is 0.264 e. The van der Waals surface area contributed by atoms with Gasteiger partial charge >= 0.3 is 0 Å². The van der Waals surface area contributed by atoms with E-state index in [0.717, 1.165) is 5.56 Å². The van der Waals surface area contributed by atoms with Gasteiger partial charge in [0.15, 0.2) is 0 Å². The molecule has 180 valence electrons. The van der Waals surface area contributed by atoms with Gasteiger partial charge in [-0.05, 0) is 48.4 Å². The predicted molar refractivity (Wildman–Crippen MR) is 131 cm³/mol. The van der Waals surface area contributed by atoms with Crippen molar-refractivity contribution in [1.82, 2.24) is 9.80 Å². The molecule has 0 saturated carbocycles. The van der Waals surface area contributed by atoms with Crippen LogP contribution in [0.5, 0.6) is 5.75 Å². The van der Waals surface area contributed by atoms with Crippen LogP contribution in [0.4, 0.5) is 5.69 Å². The quantitative estimate of drug-likeness (QED) is 0.605. The third kappa shape index (κ3) is 4.23. The first-order valence-corrected chi connectivity index (χ1v) is 12.9. The van der Waals surface area contributed by atoms with Gasteiger partial charge < -0.3 is 14.9 Å². The molecule has 0 aliphatic carbocycles. The van der Waals surface area contributed by atoms with E-state index < -0.39 is 10.0 Å². The third-order valence-electron chi connectivity index (χ3n) is 6.50. The summed E-state index contributed by atoms with van der Waals surface area (Å²) in [6.07, 6.45) is 0.651. The van der Waals surface area contributed by atoms with Crippen LogP contribution in [0.2, 0.25) is 0 Å². The zero-order valence-electron chi connectivity index (χ0n) is 19.0. The fraction of sp³-hybridized carbons (Fsp3) is 0.231. The Hall–Kier alpha value is -3.85. The second kappa shape index (κ2) is 9.07. The fourth-order valence-corrected chi connectivity index (χ4v) is 6.14. The minimum atomic E-state index is -3.81. The summed E-state index contributed by atoms with van der Waals surface area (Å²) in [6, 6.07) is 19.9. The second-order valence-electron chi connectivity index (χ2n) is 8.59. The summed E-state index contributed by atoms with van der Waals surface area (Å²) in [5, 5.41) is 9.96. The lowest BCUT2D eigenvalue weighted by molar-refractivity contribution is 0.0533. The number of hydrogen-bond acceptors (Lipinski definition) is 5. The summed E-state index contributed by atoms with van der Waals surface area (Å²) in [5.41, 5.74) is 2.18. The zero-order valence-corrected chi connectivity index (χ0v) is 19.8. The number of piperazine rings is 1. The molecule has 1 N–H and O–H groups in total. The average molecular weight is 492 g/mol. The predicted octanol–water partition coefficient (Wildman–Crippen LogP) is 2.74. The number of benzene rings is 3. The van der Waals surface area contributed by atoms with Crippen LogP contribution in [-0.2, 0) is 16.4 Å². The molecule has 2 aliphatic rings. The lowest BCUT2D eigenvalue weighted by atomic mass is 10.1. The summed E-state index contributed by atoms with van der Waals surface area (Å²) in [6.45, 7) is 1.64. The van der Waals surface area contributed by atoms with Crippen LogP contribution in [0.25, 0.3) is 0 Å². The van der Waals surface area contributed by atoms with Gasteiger partial charge in [-0.2, -0.15) is 0 Å². The van der Waals surface area contributed by atoms with Crippen molar-refractivity contribution in [1.29, 1.82) is 0 Å². The molecule has 9 heteroatoms. The Morgan fingerprint density at radius 2 is 1.40 bits per heavy atom. The molecule has 3 aromatic rings. The Labute approximate surface area is 204 Å². The van der Waals surface area contributed by atoms with Crippen LogP contribution in [0, 0.1) is 0 Å². The van der Waals surface area contributed by atoms with Gasteiger partial charge in [0.25, 0.3) is 21.8 Å². The maximum atomic E-state index is 13.4. The maximum Gasteiger partial charge on any atom is 0.264 e. The number of anilines is 1. The number of phenolic OH excluding ortho intramolecular Hbond substituents is 1. The lowest BCUT2D eigenvalue weighted by Crippen LogP contribution is -2.50. The normalized spacial score (nSPS) is 15.7. The van der Waals surface area contributed by atoms with Crippen LogP contribution < -0.4 is 4.31 Å². The SMILES string of the molecule is O=C(c1cccc(S(=O)(=O)N2CCc3ccccc32)c1)N1CCN(C(=O)c2ccccc2O)CC1. The van der Waals surface area contributed by atoms with Gasteiger partial charge in [0.2, 0.25) is 0 Å². The van der Waals surface area contributed by atoms with Crippen LogP contribution >= 0.6 is 0 Å². The molecule has 35 heavy (non-hydrogen) atoms. The van der Waals surface area contributed by atoms with Gasteiger partial charge in [0.1, 0.15) is 5.75 Å². The fourth-order valence-electron chi connectivity index (χ4n) is 4.59. The number of hydrogen-bond donors (Lipinski definition) is 1. The maximum absolute atomic E-state index is 13.4. The van der Waals surface area contributed by atoms with Crippen molar-refractivity contribution in [2.24, 2.45) is 0 Å². The molecule has 1 fully saturated rings. The van der Waals surface area contributed by atoms with E-state index in [1.807, 2.05) is 18.2 Å². The van der Waals surface area contributed by atoms with Gasteiger partial charge in [0, 0.05) is 38.3 Å². The first-order chi connectivity index (χ1) is 16.9.